The maximum Gasteiger partial charge on any atom is 0.00685 e. The molecular weight excluding hydrogens is 228 g/mol. The van der Waals surface area contributed by atoms with Crippen molar-refractivity contribution in [3.05, 3.63) is 0 Å². The molecule has 0 aliphatic carbocycles. The highest BCUT2D eigenvalue weighted by Crippen LogP contribution is 2.26. The molecule has 0 aromatic heterocycles. The minimum Gasteiger partial charge on any atom is -0.316 e. The molecule has 0 aromatic carbocycles. The van der Waals surface area contributed by atoms with Crippen LogP contribution in [0.4, 0.5) is 0 Å². The predicted molar refractivity (Wildman–Crippen MR) is 79.9 cm³/mol. The Morgan fingerprint density at radius 2 is 1.94 bits per heavy atom. The van der Waals surface area contributed by atoms with Gasteiger partial charge in [-0.15, -0.1) is 0 Å². The van der Waals surface area contributed by atoms with Gasteiger partial charge in [0.25, 0.3) is 0 Å². The largest absolute Gasteiger partial charge is 0.316 e. The van der Waals surface area contributed by atoms with Crippen LogP contribution in [-0.2, 0) is 0 Å². The van der Waals surface area contributed by atoms with E-state index in [9.17, 15) is 0 Å². The fraction of sp³-hybridized carbons (Fsp3) is 1.00. The van der Waals surface area contributed by atoms with E-state index in [0.717, 1.165) is 18.3 Å². The van der Waals surface area contributed by atoms with Gasteiger partial charge in [-0.2, -0.15) is 11.8 Å². The van der Waals surface area contributed by atoms with Crippen molar-refractivity contribution in [3.63, 3.8) is 0 Å². The van der Waals surface area contributed by atoms with E-state index >= 15 is 0 Å². The molecule has 1 fully saturated rings. The molecule has 1 N–H and O–H groups in total. The molecule has 0 radical (unpaired) electrons. The average molecular weight is 258 g/mol. The molecule has 0 spiro atoms. The Kier molecular flexibility index (Phi) is 6.90. The van der Waals surface area contributed by atoms with Crippen LogP contribution < -0.4 is 5.32 Å². The fourth-order valence-electron chi connectivity index (χ4n) is 2.56. The van der Waals surface area contributed by atoms with Gasteiger partial charge < -0.3 is 10.2 Å². The number of hydrogen-bond donors (Lipinski definition) is 1. The highest BCUT2D eigenvalue weighted by atomic mass is 32.2. The summed E-state index contributed by atoms with van der Waals surface area (Å²) in [5.41, 5.74) is 0.447. The van der Waals surface area contributed by atoms with Crippen molar-refractivity contribution in [2.45, 2.75) is 45.3 Å². The highest BCUT2D eigenvalue weighted by Gasteiger charge is 2.27. The summed E-state index contributed by atoms with van der Waals surface area (Å²) in [6, 6.07) is 0. The summed E-state index contributed by atoms with van der Waals surface area (Å²) in [5.74, 6) is 0. The zero-order valence-electron chi connectivity index (χ0n) is 12.1. The molecule has 102 valence electrons. The van der Waals surface area contributed by atoms with Crippen molar-refractivity contribution in [2.75, 3.05) is 39.0 Å². The molecular formula is C14H30N2S. The lowest BCUT2D eigenvalue weighted by Crippen LogP contribution is -2.45. The van der Waals surface area contributed by atoms with E-state index in [1.54, 1.807) is 0 Å². The Hall–Kier alpha value is 0.270. The second-order valence-corrected chi connectivity index (χ2v) is 6.79. The topological polar surface area (TPSA) is 15.3 Å². The van der Waals surface area contributed by atoms with Gasteiger partial charge in [-0.1, -0.05) is 20.8 Å². The second-order valence-electron chi connectivity index (χ2n) is 5.66. The summed E-state index contributed by atoms with van der Waals surface area (Å²) >= 11 is 2.05. The zero-order chi connectivity index (χ0) is 12.7. The lowest BCUT2D eigenvalue weighted by molar-refractivity contribution is 0.137. The van der Waals surface area contributed by atoms with Crippen molar-refractivity contribution in [1.29, 1.82) is 0 Å². The second kappa shape index (κ2) is 7.65. The van der Waals surface area contributed by atoms with Gasteiger partial charge in [0.2, 0.25) is 0 Å². The van der Waals surface area contributed by atoms with Crippen LogP contribution in [0.15, 0.2) is 0 Å². The Bertz CT molecular complexity index is 202. The van der Waals surface area contributed by atoms with E-state index in [0.29, 0.717) is 5.41 Å². The maximum atomic E-state index is 3.52. The van der Waals surface area contributed by atoms with Gasteiger partial charge in [0, 0.05) is 18.3 Å². The lowest BCUT2D eigenvalue weighted by Gasteiger charge is -2.38. The Labute approximate surface area is 112 Å². The quantitative estimate of drug-likeness (QED) is 0.756. The molecule has 1 saturated heterocycles. The summed E-state index contributed by atoms with van der Waals surface area (Å²) in [6.45, 7) is 13.0. The van der Waals surface area contributed by atoms with Crippen molar-refractivity contribution >= 4 is 11.8 Å². The SMILES string of the molecule is CCNCC(C)(CC)CN1CCC(SC)CC1. The summed E-state index contributed by atoms with van der Waals surface area (Å²) < 4.78 is 0. The third-order valence-corrected chi connectivity index (χ3v) is 5.27. The number of piperidine rings is 1. The molecule has 1 atom stereocenters. The third kappa shape index (κ3) is 5.19. The standard InChI is InChI=1S/C14H30N2S/c1-5-14(3,11-15-6-2)12-16-9-7-13(17-4)8-10-16/h13,15H,5-12H2,1-4H3. The molecule has 0 saturated carbocycles. The molecule has 0 bridgehead atoms. The van der Waals surface area contributed by atoms with Crippen molar-refractivity contribution in [2.24, 2.45) is 5.41 Å². The monoisotopic (exact) mass is 258 g/mol. The van der Waals surface area contributed by atoms with E-state index < -0.39 is 0 Å². The van der Waals surface area contributed by atoms with Crippen LogP contribution in [0.3, 0.4) is 0 Å². The molecule has 2 nitrogen and oxygen atoms in total. The molecule has 0 amide bonds. The van der Waals surface area contributed by atoms with Gasteiger partial charge >= 0.3 is 0 Å². The normalized spacial score (nSPS) is 22.6. The maximum absolute atomic E-state index is 3.52. The summed E-state index contributed by atoms with van der Waals surface area (Å²) in [7, 11) is 0. The Morgan fingerprint density at radius 3 is 2.41 bits per heavy atom. The predicted octanol–water partition coefficient (Wildman–Crippen LogP) is 2.84. The van der Waals surface area contributed by atoms with Crippen molar-refractivity contribution in [3.8, 4) is 0 Å². The zero-order valence-corrected chi connectivity index (χ0v) is 12.9. The van der Waals surface area contributed by atoms with Crippen molar-refractivity contribution in [1.82, 2.24) is 10.2 Å². The third-order valence-electron chi connectivity index (χ3n) is 4.13. The van der Waals surface area contributed by atoms with Crippen LogP contribution in [0, 0.1) is 5.41 Å². The van der Waals surface area contributed by atoms with Crippen LogP contribution in [0.2, 0.25) is 0 Å². The minimum absolute atomic E-state index is 0.447. The lowest BCUT2D eigenvalue weighted by atomic mass is 9.86. The molecule has 3 heteroatoms. The van der Waals surface area contributed by atoms with Gasteiger partial charge in [0.15, 0.2) is 0 Å². The first-order valence-corrected chi connectivity index (χ1v) is 8.38. The van der Waals surface area contributed by atoms with Crippen LogP contribution >= 0.6 is 11.8 Å². The van der Waals surface area contributed by atoms with Gasteiger partial charge in [-0.3, -0.25) is 0 Å². The van der Waals surface area contributed by atoms with Crippen LogP contribution in [-0.4, -0.2) is 49.1 Å². The van der Waals surface area contributed by atoms with Gasteiger partial charge in [-0.25, -0.2) is 0 Å². The first kappa shape index (κ1) is 15.3. The number of hydrogen-bond acceptors (Lipinski definition) is 3. The van der Waals surface area contributed by atoms with E-state index in [-0.39, 0.29) is 0 Å². The van der Waals surface area contributed by atoms with E-state index in [1.165, 1.54) is 38.9 Å². The number of nitrogens with one attached hydrogen (secondary N) is 1. The van der Waals surface area contributed by atoms with E-state index in [2.05, 4.69) is 37.2 Å². The minimum atomic E-state index is 0.447. The van der Waals surface area contributed by atoms with Crippen LogP contribution in [0.5, 0.6) is 0 Å². The molecule has 17 heavy (non-hydrogen) atoms. The summed E-state index contributed by atoms with van der Waals surface area (Å²) in [6.07, 6.45) is 6.27. The summed E-state index contributed by atoms with van der Waals surface area (Å²) in [4.78, 5) is 2.67. The molecule has 1 heterocycles. The van der Waals surface area contributed by atoms with Crippen LogP contribution in [0.25, 0.3) is 0 Å². The van der Waals surface area contributed by atoms with E-state index in [1.807, 2.05) is 11.8 Å². The first-order valence-electron chi connectivity index (χ1n) is 7.09. The smallest absolute Gasteiger partial charge is 0.00685 e. The van der Waals surface area contributed by atoms with Crippen molar-refractivity contribution < 1.29 is 0 Å². The molecule has 0 aromatic rings. The van der Waals surface area contributed by atoms with E-state index in [4.69, 9.17) is 0 Å². The van der Waals surface area contributed by atoms with Gasteiger partial charge in [-0.05, 0) is 50.6 Å². The van der Waals surface area contributed by atoms with Crippen LogP contribution in [0.1, 0.15) is 40.0 Å². The highest BCUT2D eigenvalue weighted by molar-refractivity contribution is 7.99. The summed E-state index contributed by atoms with van der Waals surface area (Å²) in [5, 5.41) is 4.43. The Morgan fingerprint density at radius 1 is 1.29 bits per heavy atom. The molecule has 1 aliphatic heterocycles. The Balaban J connectivity index is 2.35. The fourth-order valence-corrected chi connectivity index (χ4v) is 3.24. The molecule has 1 aliphatic rings. The molecule has 1 unspecified atom stereocenters. The number of rotatable bonds is 7. The molecule has 1 rings (SSSR count). The number of thioether (sulfide) groups is 1. The number of nitrogens with zero attached hydrogens (tertiary/aromatic N) is 1. The average Bonchev–Trinajstić information content (AvgIpc) is 2.37. The number of likely N-dealkylation sites (tertiary alicyclic amines) is 1. The van der Waals surface area contributed by atoms with Gasteiger partial charge in [0.05, 0.1) is 0 Å². The first-order chi connectivity index (χ1) is 8.13. The van der Waals surface area contributed by atoms with Gasteiger partial charge in [0.1, 0.15) is 0 Å².